The van der Waals surface area contributed by atoms with Crippen molar-refractivity contribution in [1.82, 2.24) is 9.29 Å². The first-order valence-electron chi connectivity index (χ1n) is 6.50. The molecule has 2 rings (SSSR count). The molecule has 0 aliphatic heterocycles. The Morgan fingerprint density at radius 1 is 1.09 bits per heavy atom. The van der Waals surface area contributed by atoms with Crippen LogP contribution < -0.4 is 10.3 Å². The van der Waals surface area contributed by atoms with Gasteiger partial charge >= 0.3 is 0 Å². The first kappa shape index (κ1) is 17.0. The smallest absolute Gasteiger partial charge is 0.250 e. The SMILES string of the molecule is O=c1ccc(Cl)cn1CCCNS(=O)(=O)c1ccccc1Cl. The lowest BCUT2D eigenvalue weighted by Gasteiger charge is -2.09. The van der Waals surface area contributed by atoms with Crippen molar-refractivity contribution >= 4 is 33.2 Å². The van der Waals surface area contributed by atoms with Crippen LogP contribution in [0.2, 0.25) is 10.0 Å². The minimum absolute atomic E-state index is 0.0385. The van der Waals surface area contributed by atoms with E-state index in [9.17, 15) is 13.2 Å². The molecule has 1 heterocycles. The molecule has 1 aromatic carbocycles. The summed E-state index contributed by atoms with van der Waals surface area (Å²) in [7, 11) is -3.66. The van der Waals surface area contributed by atoms with Crippen molar-refractivity contribution in [2.75, 3.05) is 6.54 Å². The second-order valence-electron chi connectivity index (χ2n) is 4.56. The third kappa shape index (κ3) is 4.33. The number of rotatable bonds is 6. The molecule has 0 aliphatic carbocycles. The molecule has 1 aromatic heterocycles. The number of aromatic nitrogens is 1. The third-order valence-electron chi connectivity index (χ3n) is 2.94. The Morgan fingerprint density at radius 3 is 2.55 bits per heavy atom. The first-order chi connectivity index (χ1) is 10.4. The van der Waals surface area contributed by atoms with Crippen LogP contribution >= 0.6 is 23.2 Å². The van der Waals surface area contributed by atoms with Gasteiger partial charge in [0, 0.05) is 25.4 Å². The van der Waals surface area contributed by atoms with Gasteiger partial charge in [0.1, 0.15) is 4.90 Å². The Balaban J connectivity index is 1.95. The molecule has 0 unspecified atom stereocenters. The molecule has 0 fully saturated rings. The average Bonchev–Trinajstić information content (AvgIpc) is 2.47. The molecule has 118 valence electrons. The molecular formula is C14H14Cl2N2O3S. The predicted octanol–water partition coefficient (Wildman–Crippen LogP) is 2.52. The monoisotopic (exact) mass is 360 g/mol. The van der Waals surface area contributed by atoms with Crippen LogP contribution in [-0.4, -0.2) is 19.5 Å². The summed E-state index contributed by atoms with van der Waals surface area (Å²) in [5.41, 5.74) is -0.182. The zero-order chi connectivity index (χ0) is 16.2. The fraction of sp³-hybridized carbons (Fsp3) is 0.214. The van der Waals surface area contributed by atoms with Gasteiger partial charge in [-0.05, 0) is 24.6 Å². The summed E-state index contributed by atoms with van der Waals surface area (Å²) in [4.78, 5) is 11.6. The van der Waals surface area contributed by atoms with E-state index in [1.54, 1.807) is 12.1 Å². The van der Waals surface area contributed by atoms with Crippen molar-refractivity contribution in [3.05, 3.63) is 63.0 Å². The average molecular weight is 361 g/mol. The molecule has 5 nitrogen and oxygen atoms in total. The quantitative estimate of drug-likeness (QED) is 0.804. The minimum Gasteiger partial charge on any atom is -0.314 e. The topological polar surface area (TPSA) is 68.2 Å². The maximum Gasteiger partial charge on any atom is 0.250 e. The van der Waals surface area contributed by atoms with Crippen molar-refractivity contribution in [1.29, 1.82) is 0 Å². The van der Waals surface area contributed by atoms with E-state index in [1.807, 2.05) is 0 Å². The van der Waals surface area contributed by atoms with Crippen molar-refractivity contribution in [2.45, 2.75) is 17.9 Å². The summed E-state index contributed by atoms with van der Waals surface area (Å²) >= 11 is 11.7. The summed E-state index contributed by atoms with van der Waals surface area (Å²) in [6.07, 6.45) is 1.97. The highest BCUT2D eigenvalue weighted by atomic mass is 35.5. The summed E-state index contributed by atoms with van der Waals surface area (Å²) in [6, 6.07) is 9.10. The van der Waals surface area contributed by atoms with Gasteiger partial charge in [-0.15, -0.1) is 0 Å². The Bertz CT molecular complexity index is 819. The summed E-state index contributed by atoms with van der Waals surface area (Å²) in [6.45, 7) is 0.553. The standard InChI is InChI=1S/C14H14Cl2N2O3S/c15-11-6-7-14(19)18(10-11)9-3-8-17-22(20,21)13-5-2-1-4-12(13)16/h1-2,4-7,10,17H,3,8-9H2. The Labute approximate surface area is 138 Å². The number of pyridine rings is 1. The molecule has 0 saturated heterocycles. The molecule has 1 N–H and O–H groups in total. The molecule has 0 atom stereocenters. The van der Waals surface area contributed by atoms with Gasteiger partial charge in [-0.2, -0.15) is 0 Å². The number of hydrogen-bond acceptors (Lipinski definition) is 3. The second-order valence-corrected chi connectivity index (χ2v) is 7.14. The number of benzene rings is 1. The van der Waals surface area contributed by atoms with Crippen molar-refractivity contribution in [3.63, 3.8) is 0 Å². The van der Waals surface area contributed by atoms with Crippen LogP contribution in [0.5, 0.6) is 0 Å². The van der Waals surface area contributed by atoms with Crippen LogP contribution in [0, 0.1) is 0 Å². The van der Waals surface area contributed by atoms with Crippen molar-refractivity contribution < 1.29 is 8.42 Å². The normalized spacial score (nSPS) is 11.5. The van der Waals surface area contributed by atoms with E-state index in [2.05, 4.69) is 4.72 Å². The number of sulfonamides is 1. The van der Waals surface area contributed by atoms with Crippen LogP contribution in [0.4, 0.5) is 0 Å². The molecule has 0 radical (unpaired) electrons. The van der Waals surface area contributed by atoms with E-state index in [-0.39, 0.29) is 22.0 Å². The summed E-state index contributed by atoms with van der Waals surface area (Å²) < 4.78 is 28.1. The Hall–Kier alpha value is -1.34. The van der Waals surface area contributed by atoms with Crippen LogP contribution in [0.1, 0.15) is 6.42 Å². The lowest BCUT2D eigenvalue weighted by molar-refractivity contribution is 0.567. The van der Waals surface area contributed by atoms with Gasteiger partial charge in [0.2, 0.25) is 10.0 Å². The van der Waals surface area contributed by atoms with Gasteiger partial charge in [-0.1, -0.05) is 35.3 Å². The maximum absolute atomic E-state index is 12.1. The zero-order valence-electron chi connectivity index (χ0n) is 11.5. The zero-order valence-corrected chi connectivity index (χ0v) is 13.8. The van der Waals surface area contributed by atoms with Gasteiger partial charge in [-0.3, -0.25) is 4.79 Å². The minimum atomic E-state index is -3.66. The van der Waals surface area contributed by atoms with Crippen LogP contribution in [0.15, 0.2) is 52.3 Å². The highest BCUT2D eigenvalue weighted by Gasteiger charge is 2.16. The highest BCUT2D eigenvalue weighted by Crippen LogP contribution is 2.19. The van der Waals surface area contributed by atoms with Crippen LogP contribution in [-0.2, 0) is 16.6 Å². The Kier molecular flexibility index (Phi) is 5.63. The highest BCUT2D eigenvalue weighted by molar-refractivity contribution is 7.89. The molecule has 0 saturated carbocycles. The number of hydrogen-bond donors (Lipinski definition) is 1. The fourth-order valence-electron chi connectivity index (χ4n) is 1.87. The van der Waals surface area contributed by atoms with Crippen LogP contribution in [0.3, 0.4) is 0 Å². The molecular weight excluding hydrogens is 347 g/mol. The largest absolute Gasteiger partial charge is 0.314 e. The lowest BCUT2D eigenvalue weighted by atomic mass is 10.4. The number of nitrogens with zero attached hydrogens (tertiary/aromatic N) is 1. The summed E-state index contributed by atoms with van der Waals surface area (Å²) in [5, 5.41) is 0.623. The van der Waals surface area contributed by atoms with Gasteiger partial charge in [0.25, 0.3) is 5.56 Å². The maximum atomic E-state index is 12.1. The predicted molar refractivity (Wildman–Crippen MR) is 87.0 cm³/mol. The number of aryl methyl sites for hydroxylation is 1. The molecule has 22 heavy (non-hydrogen) atoms. The van der Waals surface area contributed by atoms with E-state index in [0.29, 0.717) is 18.0 Å². The Morgan fingerprint density at radius 2 is 1.82 bits per heavy atom. The molecule has 0 amide bonds. The first-order valence-corrected chi connectivity index (χ1v) is 8.74. The number of halogens is 2. The lowest BCUT2D eigenvalue weighted by Crippen LogP contribution is -2.27. The molecule has 0 spiro atoms. The summed E-state index contributed by atoms with van der Waals surface area (Å²) in [5.74, 6) is 0. The molecule has 2 aromatic rings. The van der Waals surface area contributed by atoms with Crippen LogP contribution in [0.25, 0.3) is 0 Å². The van der Waals surface area contributed by atoms with E-state index in [4.69, 9.17) is 23.2 Å². The van der Waals surface area contributed by atoms with Gasteiger partial charge < -0.3 is 4.57 Å². The van der Waals surface area contributed by atoms with Crippen molar-refractivity contribution in [2.24, 2.45) is 0 Å². The van der Waals surface area contributed by atoms with Gasteiger partial charge in [0.15, 0.2) is 0 Å². The van der Waals surface area contributed by atoms with E-state index in [0.717, 1.165) is 0 Å². The molecule has 0 bridgehead atoms. The van der Waals surface area contributed by atoms with E-state index >= 15 is 0 Å². The third-order valence-corrected chi connectivity index (χ3v) is 5.13. The van der Waals surface area contributed by atoms with E-state index in [1.165, 1.54) is 35.0 Å². The van der Waals surface area contributed by atoms with Gasteiger partial charge in [-0.25, -0.2) is 13.1 Å². The van der Waals surface area contributed by atoms with E-state index < -0.39 is 10.0 Å². The number of nitrogens with one attached hydrogen (secondary N) is 1. The fourth-order valence-corrected chi connectivity index (χ4v) is 3.65. The molecule has 0 aliphatic rings. The van der Waals surface area contributed by atoms with Gasteiger partial charge in [0.05, 0.1) is 10.0 Å². The molecule has 8 heteroatoms. The van der Waals surface area contributed by atoms with Crippen molar-refractivity contribution in [3.8, 4) is 0 Å². The second kappa shape index (κ2) is 7.28.